The molecule has 0 saturated heterocycles. The second-order valence-corrected chi connectivity index (χ2v) is 5.17. The first-order valence-electron chi connectivity index (χ1n) is 5.98. The average molecular weight is 285 g/mol. The quantitative estimate of drug-likeness (QED) is 0.770. The summed E-state index contributed by atoms with van der Waals surface area (Å²) in [5, 5.41) is 13.3. The van der Waals surface area contributed by atoms with Crippen LogP contribution in [0.5, 0.6) is 0 Å². The zero-order chi connectivity index (χ0) is 13.9. The predicted octanol–water partition coefficient (Wildman–Crippen LogP) is 3.00. The summed E-state index contributed by atoms with van der Waals surface area (Å²) < 4.78 is 0. The Labute approximate surface area is 118 Å². The molecule has 0 atom stereocenters. The van der Waals surface area contributed by atoms with Crippen LogP contribution in [-0.4, -0.2) is 21.0 Å². The molecule has 0 aliphatic heterocycles. The summed E-state index contributed by atoms with van der Waals surface area (Å²) in [6, 6.07) is 9.03. The van der Waals surface area contributed by atoms with Crippen molar-refractivity contribution in [1.82, 2.24) is 9.97 Å². The highest BCUT2D eigenvalue weighted by atomic mass is 32.1. The Morgan fingerprint density at radius 1 is 1.35 bits per heavy atom. The number of benzene rings is 1. The van der Waals surface area contributed by atoms with Crippen LogP contribution in [0.2, 0.25) is 0 Å². The third kappa shape index (κ3) is 2.46. The molecule has 0 bridgehead atoms. The molecule has 100 valence electrons. The number of aromatic nitrogens is 2. The van der Waals surface area contributed by atoms with E-state index in [0.29, 0.717) is 12.1 Å². The monoisotopic (exact) mass is 285 g/mol. The lowest BCUT2D eigenvalue weighted by molar-refractivity contribution is 0.0691. The Kier molecular flexibility index (Phi) is 3.30. The van der Waals surface area contributed by atoms with Crippen LogP contribution in [0.1, 0.15) is 15.4 Å². The molecular weight excluding hydrogens is 274 g/mol. The van der Waals surface area contributed by atoms with Gasteiger partial charge < -0.3 is 10.4 Å². The molecule has 2 N–H and O–H groups in total. The number of carboxylic acid groups (broad SMARTS) is 1. The van der Waals surface area contributed by atoms with Crippen LogP contribution in [-0.2, 0) is 6.54 Å². The first-order valence-corrected chi connectivity index (χ1v) is 6.86. The van der Waals surface area contributed by atoms with Crippen molar-refractivity contribution in [2.45, 2.75) is 6.54 Å². The first kappa shape index (κ1) is 12.6. The number of pyridine rings is 1. The summed E-state index contributed by atoms with van der Waals surface area (Å²) in [5.74, 6) is -1.03. The van der Waals surface area contributed by atoms with Gasteiger partial charge in [0, 0.05) is 22.1 Å². The van der Waals surface area contributed by atoms with Crippen LogP contribution in [0.15, 0.2) is 42.0 Å². The molecule has 0 spiro atoms. The van der Waals surface area contributed by atoms with Crippen LogP contribution < -0.4 is 5.32 Å². The molecule has 3 aromatic rings. The summed E-state index contributed by atoms with van der Waals surface area (Å²) in [7, 11) is 0. The third-order valence-electron chi connectivity index (χ3n) is 2.87. The Balaban J connectivity index is 2.00. The van der Waals surface area contributed by atoms with Gasteiger partial charge in [0.25, 0.3) is 0 Å². The maximum absolute atomic E-state index is 11.1. The minimum atomic E-state index is -1.03. The maximum Gasteiger partial charge on any atom is 0.354 e. The van der Waals surface area contributed by atoms with E-state index in [-0.39, 0.29) is 5.69 Å². The molecule has 0 aliphatic carbocycles. The van der Waals surface area contributed by atoms with E-state index in [1.807, 2.05) is 18.2 Å². The van der Waals surface area contributed by atoms with Crippen LogP contribution in [0, 0.1) is 0 Å². The fourth-order valence-electron chi connectivity index (χ4n) is 1.94. The Bertz CT molecular complexity index is 756. The standard InChI is InChI=1S/C14H11N3O2S/c18-14(19)13-5-12(16-7-9-6-15-8-20-9)10-3-1-2-4-11(10)17-13/h1-6,8H,7H2,(H,16,17)(H,18,19). The van der Waals surface area contributed by atoms with Gasteiger partial charge in [-0.25, -0.2) is 9.78 Å². The highest BCUT2D eigenvalue weighted by Gasteiger charge is 2.10. The fourth-order valence-corrected chi connectivity index (χ4v) is 2.48. The predicted molar refractivity (Wildman–Crippen MR) is 78.1 cm³/mol. The largest absolute Gasteiger partial charge is 0.477 e. The molecule has 0 radical (unpaired) electrons. The summed E-state index contributed by atoms with van der Waals surface area (Å²) in [4.78, 5) is 20.4. The van der Waals surface area contributed by atoms with Gasteiger partial charge in [0.05, 0.1) is 17.6 Å². The van der Waals surface area contributed by atoms with Crippen molar-refractivity contribution in [3.8, 4) is 0 Å². The summed E-state index contributed by atoms with van der Waals surface area (Å²) >= 11 is 1.55. The molecule has 0 amide bonds. The average Bonchev–Trinajstić information content (AvgIpc) is 2.97. The number of rotatable bonds is 4. The molecule has 1 aromatic carbocycles. The fraction of sp³-hybridized carbons (Fsp3) is 0.0714. The number of carboxylic acids is 1. The van der Waals surface area contributed by atoms with Crippen molar-refractivity contribution >= 4 is 33.9 Å². The van der Waals surface area contributed by atoms with E-state index in [9.17, 15) is 4.79 Å². The molecule has 20 heavy (non-hydrogen) atoms. The van der Waals surface area contributed by atoms with E-state index >= 15 is 0 Å². The highest BCUT2D eigenvalue weighted by Crippen LogP contribution is 2.24. The second kappa shape index (κ2) is 5.26. The number of aromatic carboxylic acids is 1. The minimum absolute atomic E-state index is 0.0375. The molecule has 0 unspecified atom stereocenters. The molecule has 2 heterocycles. The molecule has 0 saturated carbocycles. The van der Waals surface area contributed by atoms with Gasteiger partial charge in [-0.05, 0) is 12.1 Å². The van der Waals surface area contributed by atoms with Crippen molar-refractivity contribution < 1.29 is 9.90 Å². The zero-order valence-electron chi connectivity index (χ0n) is 10.4. The number of fused-ring (bicyclic) bond motifs is 1. The second-order valence-electron chi connectivity index (χ2n) is 4.20. The minimum Gasteiger partial charge on any atom is -0.477 e. The molecule has 5 nitrogen and oxygen atoms in total. The van der Waals surface area contributed by atoms with Crippen molar-refractivity contribution in [1.29, 1.82) is 0 Å². The number of anilines is 1. The number of thiazole rings is 1. The van der Waals surface area contributed by atoms with Gasteiger partial charge in [-0.3, -0.25) is 4.98 Å². The third-order valence-corrected chi connectivity index (χ3v) is 3.65. The summed E-state index contributed by atoms with van der Waals surface area (Å²) in [6.07, 6.45) is 1.79. The van der Waals surface area contributed by atoms with Gasteiger partial charge in [0.2, 0.25) is 0 Å². The zero-order valence-corrected chi connectivity index (χ0v) is 11.2. The van der Waals surface area contributed by atoms with E-state index < -0.39 is 5.97 Å². The molecule has 0 aliphatic rings. The number of hydrogen-bond acceptors (Lipinski definition) is 5. The van der Waals surface area contributed by atoms with Gasteiger partial charge in [-0.2, -0.15) is 0 Å². The summed E-state index contributed by atoms with van der Waals surface area (Å²) in [5.41, 5.74) is 3.24. The SMILES string of the molecule is O=C(O)c1cc(NCc2cncs2)c2ccccc2n1. The van der Waals surface area contributed by atoms with E-state index in [1.165, 1.54) is 0 Å². The Morgan fingerprint density at radius 3 is 2.95 bits per heavy atom. The van der Waals surface area contributed by atoms with Gasteiger partial charge in [-0.15, -0.1) is 11.3 Å². The Morgan fingerprint density at radius 2 is 2.20 bits per heavy atom. The first-order chi connectivity index (χ1) is 9.74. The Hall–Kier alpha value is -2.47. The number of hydrogen-bond donors (Lipinski definition) is 2. The molecular formula is C14H11N3O2S. The van der Waals surface area contributed by atoms with Gasteiger partial charge >= 0.3 is 5.97 Å². The number of nitrogens with zero attached hydrogens (tertiary/aromatic N) is 2. The van der Waals surface area contributed by atoms with Crippen molar-refractivity contribution in [3.05, 3.63) is 52.6 Å². The van der Waals surface area contributed by atoms with Crippen molar-refractivity contribution in [2.24, 2.45) is 0 Å². The van der Waals surface area contributed by atoms with Crippen LogP contribution >= 0.6 is 11.3 Å². The maximum atomic E-state index is 11.1. The molecule has 0 fully saturated rings. The van der Waals surface area contributed by atoms with Crippen LogP contribution in [0.25, 0.3) is 10.9 Å². The van der Waals surface area contributed by atoms with Crippen LogP contribution in [0.3, 0.4) is 0 Å². The number of carbonyl (C=O) groups is 1. The lowest BCUT2D eigenvalue weighted by Crippen LogP contribution is -2.04. The van der Waals surface area contributed by atoms with Gasteiger partial charge in [0.15, 0.2) is 5.69 Å². The number of para-hydroxylation sites is 1. The molecule has 6 heteroatoms. The van der Waals surface area contributed by atoms with E-state index in [1.54, 1.807) is 35.2 Å². The normalized spacial score (nSPS) is 10.6. The van der Waals surface area contributed by atoms with Crippen molar-refractivity contribution in [3.63, 3.8) is 0 Å². The number of nitrogens with one attached hydrogen (secondary N) is 1. The van der Waals surface area contributed by atoms with Gasteiger partial charge in [0.1, 0.15) is 0 Å². The molecule has 3 rings (SSSR count). The summed E-state index contributed by atoms with van der Waals surface area (Å²) in [6.45, 7) is 0.609. The van der Waals surface area contributed by atoms with Gasteiger partial charge in [-0.1, -0.05) is 18.2 Å². The lowest BCUT2D eigenvalue weighted by atomic mass is 10.1. The van der Waals surface area contributed by atoms with E-state index in [0.717, 1.165) is 16.0 Å². The van der Waals surface area contributed by atoms with Crippen molar-refractivity contribution in [2.75, 3.05) is 5.32 Å². The van der Waals surface area contributed by atoms with Crippen LogP contribution in [0.4, 0.5) is 5.69 Å². The molecule has 2 aromatic heterocycles. The topological polar surface area (TPSA) is 75.1 Å². The highest BCUT2D eigenvalue weighted by molar-refractivity contribution is 7.09. The smallest absolute Gasteiger partial charge is 0.354 e. The van der Waals surface area contributed by atoms with E-state index in [2.05, 4.69) is 15.3 Å². The lowest BCUT2D eigenvalue weighted by Gasteiger charge is -2.09. The van der Waals surface area contributed by atoms with E-state index in [4.69, 9.17) is 5.11 Å².